The summed E-state index contributed by atoms with van der Waals surface area (Å²) in [5.74, 6) is 1.42. The molecule has 4 heteroatoms. The summed E-state index contributed by atoms with van der Waals surface area (Å²) in [6.07, 6.45) is 0. The van der Waals surface area contributed by atoms with Crippen molar-refractivity contribution in [2.45, 2.75) is 13.2 Å². The summed E-state index contributed by atoms with van der Waals surface area (Å²) in [5, 5.41) is 9.51. The zero-order valence-electron chi connectivity index (χ0n) is 11.6. The molecule has 0 aliphatic carbocycles. The fourth-order valence-electron chi connectivity index (χ4n) is 1.82. The van der Waals surface area contributed by atoms with Gasteiger partial charge in [-0.2, -0.15) is 0 Å². The number of aromatic hydroxyl groups is 1. The van der Waals surface area contributed by atoms with Crippen LogP contribution in [-0.2, 0) is 18.0 Å². The normalized spacial score (nSPS) is 10.3. The Hall–Kier alpha value is -2.20. The molecule has 0 fully saturated rings. The molecule has 0 heterocycles. The number of phenols is 1. The van der Waals surface area contributed by atoms with Gasteiger partial charge in [-0.15, -0.1) is 0 Å². The molecule has 2 aromatic rings. The molecule has 0 atom stereocenters. The molecule has 0 aliphatic rings. The van der Waals surface area contributed by atoms with Gasteiger partial charge in [0.25, 0.3) is 0 Å². The molecule has 20 heavy (non-hydrogen) atoms. The summed E-state index contributed by atoms with van der Waals surface area (Å²) in [6.45, 7) is 0.982. The molecule has 4 nitrogen and oxygen atoms in total. The third-order valence-electron chi connectivity index (χ3n) is 2.94. The second kappa shape index (κ2) is 6.82. The Kier molecular flexibility index (Phi) is 4.85. The van der Waals surface area contributed by atoms with E-state index in [1.54, 1.807) is 19.2 Å². The van der Waals surface area contributed by atoms with E-state index in [4.69, 9.17) is 14.2 Å². The highest BCUT2D eigenvalue weighted by molar-refractivity contribution is 5.41. The minimum absolute atomic E-state index is 0.131. The molecule has 106 valence electrons. The Morgan fingerprint density at radius 3 is 2.15 bits per heavy atom. The average molecular weight is 274 g/mol. The molecule has 0 aromatic heterocycles. The van der Waals surface area contributed by atoms with Gasteiger partial charge in [0.15, 0.2) is 11.5 Å². The number of phenolic OH excluding ortho intramolecular Hbond substituents is 1. The summed E-state index contributed by atoms with van der Waals surface area (Å²) in [5.41, 5.74) is 2.03. The Balaban J connectivity index is 1.88. The Labute approximate surface area is 118 Å². The summed E-state index contributed by atoms with van der Waals surface area (Å²) >= 11 is 0. The van der Waals surface area contributed by atoms with E-state index in [9.17, 15) is 5.11 Å². The minimum Gasteiger partial charge on any atom is -0.504 e. The maximum absolute atomic E-state index is 9.51. The van der Waals surface area contributed by atoms with Crippen LogP contribution >= 0.6 is 0 Å². The Morgan fingerprint density at radius 1 is 0.850 bits per heavy atom. The molecule has 0 amide bonds. The molecule has 0 unspecified atom stereocenters. The van der Waals surface area contributed by atoms with Gasteiger partial charge in [0.2, 0.25) is 0 Å². The Morgan fingerprint density at radius 2 is 1.50 bits per heavy atom. The second-order valence-corrected chi connectivity index (χ2v) is 4.35. The van der Waals surface area contributed by atoms with Crippen LogP contribution in [0.15, 0.2) is 42.5 Å². The van der Waals surface area contributed by atoms with Gasteiger partial charge >= 0.3 is 0 Å². The van der Waals surface area contributed by atoms with Gasteiger partial charge in [0.1, 0.15) is 5.75 Å². The molecule has 0 radical (unpaired) electrons. The maximum atomic E-state index is 9.51. The van der Waals surface area contributed by atoms with Crippen LogP contribution in [0.3, 0.4) is 0 Å². The van der Waals surface area contributed by atoms with E-state index in [1.165, 1.54) is 7.11 Å². The van der Waals surface area contributed by atoms with Crippen LogP contribution in [-0.4, -0.2) is 19.3 Å². The highest BCUT2D eigenvalue weighted by atomic mass is 16.5. The lowest BCUT2D eigenvalue weighted by Gasteiger charge is -2.08. The van der Waals surface area contributed by atoms with E-state index in [0.717, 1.165) is 16.9 Å². The number of hydrogen-bond acceptors (Lipinski definition) is 4. The lowest BCUT2D eigenvalue weighted by atomic mass is 10.2. The number of hydrogen-bond donors (Lipinski definition) is 1. The fraction of sp³-hybridized carbons (Fsp3) is 0.250. The number of ether oxygens (including phenoxy) is 3. The molecule has 0 spiro atoms. The SMILES string of the molecule is COc1ccc(COCc2ccc(O)c(OC)c2)cc1. The van der Waals surface area contributed by atoms with Gasteiger partial charge < -0.3 is 19.3 Å². The van der Waals surface area contributed by atoms with E-state index in [-0.39, 0.29) is 5.75 Å². The molecular weight excluding hydrogens is 256 g/mol. The third kappa shape index (κ3) is 3.65. The summed E-state index contributed by atoms with van der Waals surface area (Å²) in [6, 6.07) is 12.9. The molecule has 0 bridgehead atoms. The van der Waals surface area contributed by atoms with Crippen molar-refractivity contribution >= 4 is 0 Å². The average Bonchev–Trinajstić information content (AvgIpc) is 2.49. The van der Waals surface area contributed by atoms with Gasteiger partial charge in [-0.05, 0) is 35.4 Å². The first-order valence-corrected chi connectivity index (χ1v) is 6.29. The van der Waals surface area contributed by atoms with Gasteiger partial charge in [-0.1, -0.05) is 18.2 Å². The standard InChI is InChI=1S/C16H18O4/c1-18-14-6-3-12(4-7-14)10-20-11-13-5-8-15(17)16(9-13)19-2/h3-9,17H,10-11H2,1-2H3. The van der Waals surface area contributed by atoms with Crippen molar-refractivity contribution in [1.82, 2.24) is 0 Å². The van der Waals surface area contributed by atoms with Crippen LogP contribution in [0.1, 0.15) is 11.1 Å². The zero-order chi connectivity index (χ0) is 14.4. The van der Waals surface area contributed by atoms with E-state index in [0.29, 0.717) is 19.0 Å². The molecule has 2 rings (SSSR count). The highest BCUT2D eigenvalue weighted by Crippen LogP contribution is 2.26. The third-order valence-corrected chi connectivity index (χ3v) is 2.94. The van der Waals surface area contributed by atoms with Crippen LogP contribution in [0.25, 0.3) is 0 Å². The van der Waals surface area contributed by atoms with Crippen molar-refractivity contribution in [2.75, 3.05) is 14.2 Å². The maximum Gasteiger partial charge on any atom is 0.160 e. The van der Waals surface area contributed by atoms with Crippen LogP contribution in [0.5, 0.6) is 17.2 Å². The van der Waals surface area contributed by atoms with E-state index in [2.05, 4.69) is 0 Å². The van der Waals surface area contributed by atoms with Crippen LogP contribution in [0.4, 0.5) is 0 Å². The predicted octanol–water partition coefficient (Wildman–Crippen LogP) is 3.13. The molecule has 2 aromatic carbocycles. The zero-order valence-corrected chi connectivity index (χ0v) is 11.6. The minimum atomic E-state index is 0.131. The first-order valence-electron chi connectivity index (χ1n) is 6.29. The largest absolute Gasteiger partial charge is 0.504 e. The topological polar surface area (TPSA) is 47.9 Å². The van der Waals surface area contributed by atoms with Crippen LogP contribution < -0.4 is 9.47 Å². The number of methoxy groups -OCH3 is 2. The van der Waals surface area contributed by atoms with Crippen molar-refractivity contribution in [2.24, 2.45) is 0 Å². The van der Waals surface area contributed by atoms with Gasteiger partial charge in [0.05, 0.1) is 27.4 Å². The summed E-state index contributed by atoms with van der Waals surface area (Å²) in [4.78, 5) is 0. The van der Waals surface area contributed by atoms with E-state index in [1.807, 2.05) is 30.3 Å². The smallest absolute Gasteiger partial charge is 0.160 e. The lowest BCUT2D eigenvalue weighted by Crippen LogP contribution is -1.95. The van der Waals surface area contributed by atoms with Gasteiger partial charge in [0, 0.05) is 0 Å². The first kappa shape index (κ1) is 14.2. The summed E-state index contributed by atoms with van der Waals surface area (Å²) in [7, 11) is 3.17. The second-order valence-electron chi connectivity index (χ2n) is 4.35. The first-order chi connectivity index (χ1) is 9.72. The number of benzene rings is 2. The summed E-state index contributed by atoms with van der Waals surface area (Å²) < 4.78 is 15.8. The number of rotatable bonds is 6. The van der Waals surface area contributed by atoms with Crippen molar-refractivity contribution in [3.8, 4) is 17.2 Å². The van der Waals surface area contributed by atoms with Gasteiger partial charge in [-0.25, -0.2) is 0 Å². The molecule has 0 aliphatic heterocycles. The Bertz CT molecular complexity index is 549. The van der Waals surface area contributed by atoms with Crippen LogP contribution in [0, 0.1) is 0 Å². The molecule has 0 saturated carbocycles. The van der Waals surface area contributed by atoms with Crippen molar-refractivity contribution < 1.29 is 19.3 Å². The highest BCUT2D eigenvalue weighted by Gasteiger charge is 2.03. The van der Waals surface area contributed by atoms with E-state index >= 15 is 0 Å². The predicted molar refractivity (Wildman–Crippen MR) is 76.1 cm³/mol. The van der Waals surface area contributed by atoms with Crippen molar-refractivity contribution in [1.29, 1.82) is 0 Å². The molecule has 0 saturated heterocycles. The molecule has 1 N–H and O–H groups in total. The fourth-order valence-corrected chi connectivity index (χ4v) is 1.82. The van der Waals surface area contributed by atoms with Gasteiger partial charge in [-0.3, -0.25) is 0 Å². The lowest BCUT2D eigenvalue weighted by molar-refractivity contribution is 0.107. The van der Waals surface area contributed by atoms with Crippen molar-refractivity contribution in [3.05, 3.63) is 53.6 Å². The quantitative estimate of drug-likeness (QED) is 0.879. The molecular formula is C16H18O4. The van der Waals surface area contributed by atoms with Crippen molar-refractivity contribution in [3.63, 3.8) is 0 Å². The van der Waals surface area contributed by atoms with Crippen LogP contribution in [0.2, 0.25) is 0 Å². The monoisotopic (exact) mass is 274 g/mol. The van der Waals surface area contributed by atoms with E-state index < -0.39 is 0 Å².